The van der Waals surface area contributed by atoms with E-state index in [9.17, 15) is 9.18 Å². The first-order chi connectivity index (χ1) is 15.1. The molecule has 1 aliphatic heterocycles. The number of amidine groups is 1. The van der Waals surface area contributed by atoms with Gasteiger partial charge in [-0.05, 0) is 59.8 Å². The molecule has 5 nitrogen and oxygen atoms in total. The Bertz CT molecular complexity index is 1180. The molecule has 7 heteroatoms. The van der Waals surface area contributed by atoms with Gasteiger partial charge in [-0.3, -0.25) is 9.69 Å². The van der Waals surface area contributed by atoms with Crippen molar-refractivity contribution in [3.05, 3.63) is 89.1 Å². The van der Waals surface area contributed by atoms with Crippen LogP contribution in [0, 0.1) is 5.82 Å². The van der Waals surface area contributed by atoms with Crippen LogP contribution in [0.1, 0.15) is 5.56 Å². The maximum Gasteiger partial charge on any atom is 0.271 e. The molecule has 1 heterocycles. The first kappa shape index (κ1) is 20.7. The zero-order chi connectivity index (χ0) is 21.8. The van der Waals surface area contributed by atoms with Gasteiger partial charge in [0.1, 0.15) is 23.0 Å². The smallest absolute Gasteiger partial charge is 0.271 e. The fraction of sp³-hybridized carbons (Fsp3) is 0.0833. The van der Waals surface area contributed by atoms with Crippen LogP contribution in [0.5, 0.6) is 11.5 Å². The lowest BCUT2D eigenvalue weighted by atomic mass is 10.2. The number of carbonyl (C=O) groups excluding carboxylic acids is 1. The average Bonchev–Trinajstić information content (AvgIpc) is 3.10. The number of ether oxygens (including phenoxy) is 2. The van der Waals surface area contributed by atoms with Crippen LogP contribution in [-0.2, 0) is 4.79 Å². The minimum Gasteiger partial charge on any atom is -0.495 e. The van der Waals surface area contributed by atoms with E-state index in [1.54, 1.807) is 44.6 Å². The summed E-state index contributed by atoms with van der Waals surface area (Å²) in [6.45, 7) is 0. The van der Waals surface area contributed by atoms with Gasteiger partial charge in [0.25, 0.3) is 5.91 Å². The highest BCUT2D eigenvalue weighted by Gasteiger charge is 2.36. The van der Waals surface area contributed by atoms with Crippen LogP contribution in [0.3, 0.4) is 0 Å². The number of thioether (sulfide) groups is 1. The number of anilines is 1. The largest absolute Gasteiger partial charge is 0.495 e. The van der Waals surface area contributed by atoms with E-state index < -0.39 is 0 Å². The van der Waals surface area contributed by atoms with Crippen molar-refractivity contribution in [2.45, 2.75) is 0 Å². The normalized spacial score (nSPS) is 16.2. The standard InChI is InChI=1S/C24H19FN2O3S/c1-29-20-9-5-3-7-18(20)26-24-27(19-8-4-6-10-21(19)30-2)23(28)22(31-24)15-16-11-13-17(25)14-12-16/h3-15H,1-2H3. The van der Waals surface area contributed by atoms with Crippen LogP contribution in [0.25, 0.3) is 6.08 Å². The first-order valence-electron chi connectivity index (χ1n) is 9.45. The van der Waals surface area contributed by atoms with Crippen molar-refractivity contribution in [3.63, 3.8) is 0 Å². The number of carbonyl (C=O) groups is 1. The molecule has 0 bridgehead atoms. The lowest BCUT2D eigenvalue weighted by molar-refractivity contribution is -0.113. The zero-order valence-corrected chi connectivity index (χ0v) is 17.7. The third kappa shape index (κ3) is 4.32. The molecule has 1 fully saturated rings. The summed E-state index contributed by atoms with van der Waals surface area (Å²) in [5.41, 5.74) is 1.90. The summed E-state index contributed by atoms with van der Waals surface area (Å²) < 4.78 is 24.2. The highest BCUT2D eigenvalue weighted by molar-refractivity contribution is 8.19. The number of nitrogens with zero attached hydrogens (tertiary/aromatic N) is 2. The van der Waals surface area contributed by atoms with Crippen LogP contribution in [0.15, 0.2) is 82.7 Å². The SMILES string of the molecule is COc1ccccc1N=C1SC(=Cc2ccc(F)cc2)C(=O)N1c1ccccc1OC. The van der Waals surface area contributed by atoms with Crippen molar-refractivity contribution in [1.82, 2.24) is 0 Å². The molecule has 3 aromatic rings. The van der Waals surface area contributed by atoms with E-state index in [-0.39, 0.29) is 11.7 Å². The number of hydrogen-bond acceptors (Lipinski definition) is 5. The minimum absolute atomic E-state index is 0.243. The Labute approximate surface area is 183 Å². The molecule has 3 aromatic carbocycles. The number of aliphatic imine (C=N–C) groups is 1. The lowest BCUT2D eigenvalue weighted by Crippen LogP contribution is -2.29. The Morgan fingerprint density at radius 3 is 2.26 bits per heavy atom. The summed E-state index contributed by atoms with van der Waals surface area (Å²) in [5, 5.41) is 0.465. The number of amides is 1. The Balaban J connectivity index is 1.83. The molecule has 31 heavy (non-hydrogen) atoms. The zero-order valence-electron chi connectivity index (χ0n) is 16.9. The predicted octanol–water partition coefficient (Wildman–Crippen LogP) is 5.65. The second-order valence-corrected chi connectivity index (χ2v) is 7.55. The van der Waals surface area contributed by atoms with Gasteiger partial charge in [0.2, 0.25) is 0 Å². The molecule has 0 atom stereocenters. The van der Waals surface area contributed by atoms with Gasteiger partial charge >= 0.3 is 0 Å². The van der Waals surface area contributed by atoms with Crippen LogP contribution < -0.4 is 14.4 Å². The summed E-state index contributed by atoms with van der Waals surface area (Å²) in [4.78, 5) is 20.1. The van der Waals surface area contributed by atoms with Crippen molar-refractivity contribution in [2.24, 2.45) is 4.99 Å². The van der Waals surface area contributed by atoms with Crippen LogP contribution >= 0.6 is 11.8 Å². The molecule has 0 aromatic heterocycles. The molecule has 0 N–H and O–H groups in total. The number of para-hydroxylation sites is 4. The minimum atomic E-state index is -0.332. The fourth-order valence-electron chi connectivity index (χ4n) is 3.11. The molecule has 0 spiro atoms. The van der Waals surface area contributed by atoms with Gasteiger partial charge in [-0.15, -0.1) is 0 Å². The molecule has 156 valence electrons. The average molecular weight is 434 g/mol. The summed E-state index contributed by atoms with van der Waals surface area (Å²) >= 11 is 1.24. The van der Waals surface area contributed by atoms with E-state index in [0.717, 1.165) is 5.56 Å². The maximum atomic E-state index is 13.4. The summed E-state index contributed by atoms with van der Waals surface area (Å²) in [6.07, 6.45) is 1.72. The highest BCUT2D eigenvalue weighted by atomic mass is 32.2. The molecule has 1 saturated heterocycles. The quantitative estimate of drug-likeness (QED) is 0.487. The number of methoxy groups -OCH3 is 2. The van der Waals surface area contributed by atoms with E-state index in [2.05, 4.69) is 0 Å². The van der Waals surface area contributed by atoms with Crippen LogP contribution in [-0.4, -0.2) is 25.3 Å². The predicted molar refractivity (Wildman–Crippen MR) is 123 cm³/mol. The van der Waals surface area contributed by atoms with Gasteiger partial charge in [0.15, 0.2) is 5.17 Å². The third-order valence-corrected chi connectivity index (χ3v) is 5.57. The molecule has 1 aliphatic rings. The second-order valence-electron chi connectivity index (χ2n) is 6.54. The Morgan fingerprint density at radius 2 is 1.55 bits per heavy atom. The van der Waals surface area contributed by atoms with E-state index >= 15 is 0 Å². The van der Waals surface area contributed by atoms with Gasteiger partial charge in [-0.1, -0.05) is 36.4 Å². The van der Waals surface area contributed by atoms with E-state index in [1.165, 1.54) is 28.8 Å². The number of rotatable bonds is 5. The Hall–Kier alpha value is -3.58. The van der Waals surface area contributed by atoms with Crippen LogP contribution in [0.4, 0.5) is 15.8 Å². The van der Waals surface area contributed by atoms with Crippen molar-refractivity contribution in [3.8, 4) is 11.5 Å². The summed E-state index contributed by atoms with van der Waals surface area (Å²) in [5.74, 6) is 0.570. The van der Waals surface area contributed by atoms with Gasteiger partial charge in [-0.2, -0.15) is 0 Å². The van der Waals surface area contributed by atoms with Crippen molar-refractivity contribution >= 4 is 40.3 Å². The topological polar surface area (TPSA) is 51.1 Å². The number of halogens is 1. The second kappa shape index (κ2) is 9.06. The summed E-state index contributed by atoms with van der Waals surface area (Å²) in [6, 6.07) is 20.6. The Morgan fingerprint density at radius 1 is 0.903 bits per heavy atom. The maximum absolute atomic E-state index is 13.4. The lowest BCUT2D eigenvalue weighted by Gasteiger charge is -2.18. The van der Waals surface area contributed by atoms with Crippen molar-refractivity contribution in [2.75, 3.05) is 19.1 Å². The van der Waals surface area contributed by atoms with E-state index in [1.807, 2.05) is 36.4 Å². The van der Waals surface area contributed by atoms with E-state index in [4.69, 9.17) is 14.5 Å². The summed E-state index contributed by atoms with van der Waals surface area (Å²) in [7, 11) is 3.13. The van der Waals surface area contributed by atoms with E-state index in [0.29, 0.717) is 32.9 Å². The monoisotopic (exact) mass is 434 g/mol. The molecular weight excluding hydrogens is 415 g/mol. The van der Waals surface area contributed by atoms with Crippen LogP contribution in [0.2, 0.25) is 0 Å². The fourth-order valence-corrected chi connectivity index (χ4v) is 4.10. The number of hydrogen-bond donors (Lipinski definition) is 0. The van der Waals surface area contributed by atoms with Gasteiger partial charge in [0, 0.05) is 0 Å². The highest BCUT2D eigenvalue weighted by Crippen LogP contribution is 2.41. The molecule has 1 amide bonds. The Kier molecular flexibility index (Phi) is 6.04. The van der Waals surface area contributed by atoms with Crippen molar-refractivity contribution in [1.29, 1.82) is 0 Å². The third-order valence-electron chi connectivity index (χ3n) is 4.60. The number of benzene rings is 3. The van der Waals surface area contributed by atoms with Gasteiger partial charge < -0.3 is 9.47 Å². The molecular formula is C24H19FN2O3S. The molecule has 0 saturated carbocycles. The molecule has 0 aliphatic carbocycles. The van der Waals surface area contributed by atoms with Gasteiger partial charge in [0.05, 0.1) is 24.8 Å². The molecule has 0 unspecified atom stereocenters. The molecule has 4 rings (SSSR count). The van der Waals surface area contributed by atoms with Gasteiger partial charge in [-0.25, -0.2) is 9.38 Å². The molecule has 0 radical (unpaired) electrons. The van der Waals surface area contributed by atoms with Crippen molar-refractivity contribution < 1.29 is 18.7 Å². The first-order valence-corrected chi connectivity index (χ1v) is 10.3.